The van der Waals surface area contributed by atoms with Crippen LogP contribution in [0.4, 0.5) is 0 Å². The highest BCUT2D eigenvalue weighted by Gasteiger charge is 2.23. The third kappa shape index (κ3) is 3.21. The van der Waals surface area contributed by atoms with E-state index in [2.05, 4.69) is 4.98 Å². The van der Waals surface area contributed by atoms with Gasteiger partial charge in [-0.1, -0.05) is 42.1 Å². The van der Waals surface area contributed by atoms with Crippen molar-refractivity contribution < 1.29 is 9.53 Å². The molecule has 0 saturated carbocycles. The van der Waals surface area contributed by atoms with Crippen molar-refractivity contribution in [2.75, 3.05) is 7.11 Å². The molecular formula is C22H21N3O3S. The second-order valence-electron chi connectivity index (χ2n) is 6.93. The van der Waals surface area contributed by atoms with Crippen molar-refractivity contribution in [1.82, 2.24) is 14.5 Å². The van der Waals surface area contributed by atoms with Crippen molar-refractivity contribution in [2.24, 2.45) is 0 Å². The van der Waals surface area contributed by atoms with Gasteiger partial charge in [0, 0.05) is 10.9 Å². The first kappa shape index (κ1) is 19.3. The van der Waals surface area contributed by atoms with Crippen LogP contribution >= 0.6 is 11.8 Å². The van der Waals surface area contributed by atoms with E-state index >= 15 is 0 Å². The maximum absolute atomic E-state index is 13.6. The summed E-state index contributed by atoms with van der Waals surface area (Å²) in [4.78, 5) is 33.6. The lowest BCUT2D eigenvalue weighted by atomic mass is 10.1. The predicted molar refractivity (Wildman–Crippen MR) is 116 cm³/mol. The molecule has 0 spiro atoms. The lowest BCUT2D eigenvalue weighted by molar-refractivity contribution is -0.139. The van der Waals surface area contributed by atoms with Crippen LogP contribution in [0.2, 0.25) is 0 Å². The van der Waals surface area contributed by atoms with Crippen molar-refractivity contribution >= 4 is 39.7 Å². The van der Waals surface area contributed by atoms with Crippen LogP contribution in [0.1, 0.15) is 18.1 Å². The second-order valence-corrected chi connectivity index (χ2v) is 8.24. The number of methoxy groups -OCH3 is 1. The van der Waals surface area contributed by atoms with E-state index in [0.29, 0.717) is 16.2 Å². The Kier molecular flexibility index (Phi) is 4.92. The highest BCUT2D eigenvalue weighted by Crippen LogP contribution is 2.30. The fourth-order valence-electron chi connectivity index (χ4n) is 3.38. The van der Waals surface area contributed by atoms with Crippen LogP contribution in [0.3, 0.4) is 0 Å². The van der Waals surface area contributed by atoms with Gasteiger partial charge in [0.05, 0.1) is 12.8 Å². The largest absolute Gasteiger partial charge is 0.468 e. The molecule has 148 valence electrons. The lowest BCUT2D eigenvalue weighted by Crippen LogP contribution is -2.24. The smallest absolute Gasteiger partial charge is 0.318 e. The maximum Gasteiger partial charge on any atom is 0.318 e. The minimum Gasteiger partial charge on any atom is -0.468 e. The Balaban J connectivity index is 2.06. The third-order valence-corrected chi connectivity index (χ3v) is 6.16. The summed E-state index contributed by atoms with van der Waals surface area (Å²) in [5.41, 5.74) is 4.52. The molecule has 0 aliphatic carbocycles. The number of carbonyl (C=O) groups excluding carboxylic acids is 1. The molecule has 7 heteroatoms. The normalized spacial score (nSPS) is 12.4. The monoisotopic (exact) mass is 407 g/mol. The Morgan fingerprint density at radius 1 is 1.17 bits per heavy atom. The van der Waals surface area contributed by atoms with Crippen molar-refractivity contribution in [3.05, 3.63) is 63.9 Å². The van der Waals surface area contributed by atoms with E-state index in [1.54, 1.807) is 11.5 Å². The number of aromatic nitrogens is 3. The van der Waals surface area contributed by atoms with Gasteiger partial charge < -0.3 is 9.72 Å². The lowest BCUT2D eigenvalue weighted by Gasteiger charge is -2.17. The van der Waals surface area contributed by atoms with Gasteiger partial charge in [0.25, 0.3) is 5.56 Å². The first-order chi connectivity index (χ1) is 13.9. The molecular weight excluding hydrogens is 386 g/mol. The number of hydrogen-bond donors (Lipinski definition) is 1. The number of rotatable bonds is 4. The molecule has 2 aromatic carbocycles. The van der Waals surface area contributed by atoms with Crippen molar-refractivity contribution in [1.29, 1.82) is 0 Å². The number of H-pyrrole nitrogens is 1. The number of hydrogen-bond acceptors (Lipinski definition) is 5. The van der Waals surface area contributed by atoms with E-state index in [9.17, 15) is 9.59 Å². The van der Waals surface area contributed by atoms with E-state index in [4.69, 9.17) is 9.72 Å². The highest BCUT2D eigenvalue weighted by molar-refractivity contribution is 8.00. The van der Waals surface area contributed by atoms with Crippen LogP contribution in [-0.2, 0) is 9.53 Å². The van der Waals surface area contributed by atoms with Crippen molar-refractivity contribution in [3.63, 3.8) is 0 Å². The summed E-state index contributed by atoms with van der Waals surface area (Å²) < 4.78 is 6.45. The fraction of sp³-hybridized carbons (Fsp3) is 0.227. The zero-order valence-electron chi connectivity index (χ0n) is 16.6. The first-order valence-corrected chi connectivity index (χ1v) is 10.1. The molecule has 0 bridgehead atoms. The molecule has 0 saturated heterocycles. The number of esters is 1. The molecule has 1 N–H and O–H groups in total. The Labute approximate surface area is 171 Å². The van der Waals surface area contributed by atoms with E-state index < -0.39 is 5.25 Å². The third-order valence-electron chi connectivity index (χ3n) is 5.13. The van der Waals surface area contributed by atoms with Crippen molar-refractivity contribution in [2.45, 2.75) is 31.2 Å². The average molecular weight is 407 g/mol. The standard InChI is InChI=1S/C22H21N3O3S/c1-12-8-7-11-17(13(12)2)25-20(26)19-18(15-9-5-6-10-16(15)23-19)24-22(25)29-14(3)21(27)28-4/h5-11,14,23H,1-4H3/t14-/m1/s1. The number of para-hydroxylation sites is 1. The van der Waals surface area contributed by atoms with Crippen LogP contribution in [0.5, 0.6) is 0 Å². The molecule has 0 aliphatic rings. The van der Waals surface area contributed by atoms with E-state index in [0.717, 1.165) is 27.7 Å². The van der Waals surface area contributed by atoms with Gasteiger partial charge in [-0.25, -0.2) is 4.98 Å². The first-order valence-electron chi connectivity index (χ1n) is 9.27. The molecule has 0 aliphatic heterocycles. The Hall–Kier alpha value is -3.06. The minimum atomic E-state index is -0.508. The number of nitrogens with one attached hydrogen (secondary N) is 1. The van der Waals surface area contributed by atoms with Crippen LogP contribution in [0.25, 0.3) is 27.6 Å². The van der Waals surface area contributed by atoms with Gasteiger partial charge >= 0.3 is 5.97 Å². The fourth-order valence-corrected chi connectivity index (χ4v) is 4.32. The van der Waals surface area contributed by atoms with Gasteiger partial charge in [0.2, 0.25) is 0 Å². The summed E-state index contributed by atoms with van der Waals surface area (Å²) in [6.45, 7) is 5.73. The molecule has 0 fully saturated rings. The molecule has 0 amide bonds. The molecule has 0 radical (unpaired) electrons. The molecule has 4 aromatic rings. The molecule has 0 unspecified atom stereocenters. The Bertz CT molecular complexity index is 1310. The molecule has 1 atom stereocenters. The summed E-state index contributed by atoms with van der Waals surface area (Å²) >= 11 is 1.22. The van der Waals surface area contributed by atoms with Gasteiger partial charge in [-0.15, -0.1) is 0 Å². The Morgan fingerprint density at radius 2 is 1.93 bits per heavy atom. The number of ether oxygens (including phenoxy) is 1. The van der Waals surface area contributed by atoms with Crippen LogP contribution < -0.4 is 5.56 Å². The van der Waals surface area contributed by atoms with Gasteiger partial charge in [-0.2, -0.15) is 0 Å². The maximum atomic E-state index is 13.6. The number of carbonyl (C=O) groups is 1. The summed E-state index contributed by atoms with van der Waals surface area (Å²) in [7, 11) is 1.35. The SMILES string of the molecule is COC(=O)[C@@H](C)Sc1nc2c([nH]c3ccccc32)c(=O)n1-c1cccc(C)c1C. The minimum absolute atomic E-state index is 0.195. The van der Waals surface area contributed by atoms with Gasteiger partial charge in [-0.3, -0.25) is 14.2 Å². The molecule has 2 aromatic heterocycles. The number of aryl methyl sites for hydroxylation is 1. The topological polar surface area (TPSA) is 77.0 Å². The zero-order valence-corrected chi connectivity index (χ0v) is 17.5. The Morgan fingerprint density at radius 3 is 2.69 bits per heavy atom. The number of fused-ring (bicyclic) bond motifs is 3. The van der Waals surface area contributed by atoms with E-state index in [1.807, 2.05) is 56.3 Å². The molecule has 2 heterocycles. The van der Waals surface area contributed by atoms with Crippen LogP contribution in [-0.4, -0.2) is 32.9 Å². The van der Waals surface area contributed by atoms with E-state index in [-0.39, 0.29) is 11.5 Å². The molecule has 4 rings (SSSR count). The van der Waals surface area contributed by atoms with E-state index in [1.165, 1.54) is 18.9 Å². The number of benzene rings is 2. The van der Waals surface area contributed by atoms with Gasteiger partial charge in [0.15, 0.2) is 5.16 Å². The molecule has 6 nitrogen and oxygen atoms in total. The summed E-state index contributed by atoms with van der Waals surface area (Å²) in [6, 6.07) is 13.5. The van der Waals surface area contributed by atoms with Gasteiger partial charge in [0.1, 0.15) is 16.3 Å². The highest BCUT2D eigenvalue weighted by atomic mass is 32.2. The van der Waals surface area contributed by atoms with Gasteiger partial charge in [-0.05, 0) is 44.0 Å². The van der Waals surface area contributed by atoms with Crippen molar-refractivity contribution in [3.8, 4) is 5.69 Å². The average Bonchev–Trinajstić information content (AvgIpc) is 3.09. The van der Waals surface area contributed by atoms with Crippen LogP contribution in [0.15, 0.2) is 52.4 Å². The summed E-state index contributed by atoms with van der Waals surface area (Å²) in [6.07, 6.45) is 0. The molecule has 29 heavy (non-hydrogen) atoms. The van der Waals surface area contributed by atoms with Crippen LogP contribution in [0, 0.1) is 13.8 Å². The number of aromatic amines is 1. The quantitative estimate of drug-likeness (QED) is 0.313. The summed E-state index contributed by atoms with van der Waals surface area (Å²) in [5, 5.41) is 0.824. The number of thioether (sulfide) groups is 1. The predicted octanol–water partition coefficient (Wildman–Crippen LogP) is 4.14. The summed E-state index contributed by atoms with van der Waals surface area (Å²) in [5.74, 6) is -0.365. The number of nitrogens with zero attached hydrogens (tertiary/aromatic N) is 2. The second kappa shape index (κ2) is 7.40. The zero-order chi connectivity index (χ0) is 20.7.